The Bertz CT molecular complexity index is 734. The minimum atomic E-state index is -0.957. The number of carbonyl (C=O) groups is 2. The van der Waals surface area contributed by atoms with Crippen molar-refractivity contribution in [2.75, 3.05) is 6.79 Å². The second-order valence-electron chi connectivity index (χ2n) is 5.97. The van der Waals surface area contributed by atoms with E-state index in [-0.39, 0.29) is 31.5 Å². The number of imide groups is 1. The van der Waals surface area contributed by atoms with E-state index in [4.69, 9.17) is 9.47 Å². The number of nitrogens with one attached hydrogen (secondary N) is 1. The third kappa shape index (κ3) is 2.56. The van der Waals surface area contributed by atoms with Crippen molar-refractivity contribution in [3.05, 3.63) is 33.4 Å². The molecule has 2 heterocycles. The van der Waals surface area contributed by atoms with E-state index in [2.05, 4.69) is 5.32 Å². The van der Waals surface area contributed by atoms with Gasteiger partial charge in [0.1, 0.15) is 11.3 Å². The molecule has 0 unspecified atom stereocenters. The lowest BCUT2D eigenvalue weighted by atomic mass is 9.99. The number of rotatable bonds is 4. The summed E-state index contributed by atoms with van der Waals surface area (Å²) in [4.78, 5) is 36.3. The molecule has 24 heavy (non-hydrogen) atoms. The zero-order valence-corrected chi connectivity index (χ0v) is 13.3. The molecule has 0 bridgehead atoms. The monoisotopic (exact) mass is 335 g/mol. The van der Waals surface area contributed by atoms with Crippen LogP contribution in [0.5, 0.6) is 5.75 Å². The Balaban J connectivity index is 1.98. The van der Waals surface area contributed by atoms with Gasteiger partial charge in [0.25, 0.3) is 11.6 Å². The van der Waals surface area contributed by atoms with E-state index >= 15 is 0 Å². The summed E-state index contributed by atoms with van der Waals surface area (Å²) < 4.78 is 10.6. The quantitative estimate of drug-likeness (QED) is 0.509. The van der Waals surface area contributed by atoms with Gasteiger partial charge < -0.3 is 14.8 Å². The average molecular weight is 335 g/mol. The van der Waals surface area contributed by atoms with E-state index in [0.717, 1.165) is 4.90 Å². The molecule has 9 nitrogen and oxygen atoms in total. The van der Waals surface area contributed by atoms with E-state index in [0.29, 0.717) is 23.3 Å². The number of fused-ring (bicyclic) bond motifs is 1. The van der Waals surface area contributed by atoms with E-state index < -0.39 is 16.5 Å². The van der Waals surface area contributed by atoms with Gasteiger partial charge in [0, 0.05) is 23.3 Å². The van der Waals surface area contributed by atoms with Gasteiger partial charge in [-0.2, -0.15) is 0 Å². The third-order valence-corrected chi connectivity index (χ3v) is 4.36. The summed E-state index contributed by atoms with van der Waals surface area (Å²) in [6.45, 7) is 3.56. The van der Waals surface area contributed by atoms with Crippen molar-refractivity contribution in [1.29, 1.82) is 0 Å². The minimum Gasteiger partial charge on any atom is -0.467 e. The Morgan fingerprint density at radius 1 is 1.42 bits per heavy atom. The van der Waals surface area contributed by atoms with Crippen molar-refractivity contribution >= 4 is 17.6 Å². The van der Waals surface area contributed by atoms with Crippen LogP contribution < -0.4 is 10.1 Å². The Kier molecular flexibility index (Phi) is 3.88. The van der Waals surface area contributed by atoms with E-state index in [9.17, 15) is 19.7 Å². The van der Waals surface area contributed by atoms with Crippen LogP contribution >= 0.6 is 0 Å². The maximum Gasteiger partial charge on any atom is 0.325 e. The fourth-order valence-corrected chi connectivity index (χ4v) is 2.80. The SMILES string of the molecule is CC[C@@]1(C)NC(=O)N(Cc2cc([N+](=O)[O-])cc3c2OCOC3)C1=O. The summed E-state index contributed by atoms with van der Waals surface area (Å²) in [7, 11) is 0. The second-order valence-corrected chi connectivity index (χ2v) is 5.97. The molecule has 0 aromatic heterocycles. The Hall–Kier alpha value is -2.68. The van der Waals surface area contributed by atoms with Gasteiger partial charge in [0.15, 0.2) is 6.79 Å². The first-order valence-electron chi connectivity index (χ1n) is 7.50. The first kappa shape index (κ1) is 16.2. The fraction of sp³-hybridized carbons (Fsp3) is 0.467. The Morgan fingerprint density at radius 3 is 2.79 bits per heavy atom. The molecular formula is C15H17N3O6. The first-order chi connectivity index (χ1) is 11.4. The number of ether oxygens (including phenoxy) is 2. The number of carbonyl (C=O) groups excluding carboxylic acids is 2. The normalized spacial score (nSPS) is 22.8. The van der Waals surface area contributed by atoms with Crippen LogP contribution in [-0.4, -0.2) is 34.1 Å². The van der Waals surface area contributed by atoms with Gasteiger partial charge in [-0.1, -0.05) is 6.92 Å². The van der Waals surface area contributed by atoms with Crippen LogP contribution in [-0.2, 0) is 22.7 Å². The van der Waals surface area contributed by atoms with Gasteiger partial charge in [-0.15, -0.1) is 0 Å². The largest absolute Gasteiger partial charge is 0.467 e. The molecule has 1 N–H and O–H groups in total. The van der Waals surface area contributed by atoms with Gasteiger partial charge in [0.2, 0.25) is 0 Å². The standard InChI is InChI=1S/C15H17N3O6/c1-3-15(2)13(19)17(14(20)16-15)6-9-4-11(18(21)22)5-10-7-23-8-24-12(9)10/h4-5H,3,6-8H2,1-2H3,(H,16,20)/t15-/m1/s1. The molecule has 2 aliphatic heterocycles. The van der Waals surface area contributed by atoms with Gasteiger partial charge in [0.05, 0.1) is 18.1 Å². The van der Waals surface area contributed by atoms with Crippen LogP contribution in [0.15, 0.2) is 12.1 Å². The molecule has 3 rings (SSSR count). The molecule has 0 saturated carbocycles. The van der Waals surface area contributed by atoms with Crippen LogP contribution in [0.25, 0.3) is 0 Å². The lowest BCUT2D eigenvalue weighted by Gasteiger charge is -2.23. The number of non-ortho nitro benzene ring substituents is 1. The summed E-state index contributed by atoms with van der Waals surface area (Å²) in [5.74, 6) is 0.0693. The van der Waals surface area contributed by atoms with Crippen molar-refractivity contribution in [2.45, 2.75) is 39.0 Å². The molecule has 128 valence electrons. The Morgan fingerprint density at radius 2 is 2.17 bits per heavy atom. The van der Waals surface area contributed by atoms with Crippen molar-refractivity contribution in [3.8, 4) is 5.75 Å². The van der Waals surface area contributed by atoms with Gasteiger partial charge in [-0.05, 0) is 13.3 Å². The zero-order valence-electron chi connectivity index (χ0n) is 13.3. The number of nitrogens with zero attached hydrogens (tertiary/aromatic N) is 2. The highest BCUT2D eigenvalue weighted by Gasteiger charge is 2.46. The molecule has 1 saturated heterocycles. The predicted molar refractivity (Wildman–Crippen MR) is 81.2 cm³/mol. The minimum absolute atomic E-state index is 0.0185. The molecule has 1 aromatic carbocycles. The van der Waals surface area contributed by atoms with Crippen LogP contribution in [0.2, 0.25) is 0 Å². The summed E-state index contributed by atoms with van der Waals surface area (Å²) >= 11 is 0. The molecular weight excluding hydrogens is 318 g/mol. The molecule has 1 atom stereocenters. The van der Waals surface area contributed by atoms with Gasteiger partial charge >= 0.3 is 6.03 Å². The molecule has 2 aliphatic rings. The van der Waals surface area contributed by atoms with Crippen molar-refractivity contribution < 1.29 is 24.0 Å². The van der Waals surface area contributed by atoms with Crippen LogP contribution in [0.3, 0.4) is 0 Å². The molecule has 1 fully saturated rings. The van der Waals surface area contributed by atoms with E-state index in [1.165, 1.54) is 12.1 Å². The number of hydrogen-bond donors (Lipinski definition) is 1. The summed E-state index contributed by atoms with van der Waals surface area (Å²) in [5.41, 5.74) is -0.160. The number of urea groups is 1. The zero-order chi connectivity index (χ0) is 17.5. The lowest BCUT2D eigenvalue weighted by Crippen LogP contribution is -2.43. The topological polar surface area (TPSA) is 111 Å². The number of nitro groups is 1. The molecule has 0 spiro atoms. The lowest BCUT2D eigenvalue weighted by molar-refractivity contribution is -0.385. The predicted octanol–water partition coefficient (Wildman–Crippen LogP) is 1.68. The van der Waals surface area contributed by atoms with Crippen molar-refractivity contribution in [3.63, 3.8) is 0 Å². The first-order valence-corrected chi connectivity index (χ1v) is 7.50. The molecule has 0 aliphatic carbocycles. The van der Waals surface area contributed by atoms with Crippen LogP contribution in [0, 0.1) is 10.1 Å². The Labute approximate surface area is 137 Å². The van der Waals surface area contributed by atoms with E-state index in [1.807, 2.05) is 0 Å². The van der Waals surface area contributed by atoms with Gasteiger partial charge in [-0.3, -0.25) is 19.8 Å². The average Bonchev–Trinajstić information content (AvgIpc) is 2.78. The maximum absolute atomic E-state index is 12.5. The third-order valence-electron chi connectivity index (χ3n) is 4.36. The number of hydrogen-bond acceptors (Lipinski definition) is 6. The molecule has 9 heteroatoms. The fourth-order valence-electron chi connectivity index (χ4n) is 2.80. The maximum atomic E-state index is 12.5. The highest BCUT2D eigenvalue weighted by molar-refractivity contribution is 6.06. The van der Waals surface area contributed by atoms with Crippen molar-refractivity contribution in [2.24, 2.45) is 0 Å². The number of nitro benzene ring substituents is 1. The number of amides is 3. The summed E-state index contributed by atoms with van der Waals surface area (Å²) in [6.07, 6.45) is 0.450. The molecule has 3 amide bonds. The van der Waals surface area contributed by atoms with Gasteiger partial charge in [-0.25, -0.2) is 4.79 Å². The summed E-state index contributed by atoms with van der Waals surface area (Å²) in [5, 5.41) is 13.8. The number of benzene rings is 1. The molecule has 1 aromatic rings. The van der Waals surface area contributed by atoms with Crippen LogP contribution in [0.1, 0.15) is 31.4 Å². The van der Waals surface area contributed by atoms with Crippen molar-refractivity contribution in [1.82, 2.24) is 10.2 Å². The second kappa shape index (κ2) is 5.75. The summed E-state index contributed by atoms with van der Waals surface area (Å²) in [6, 6.07) is 2.18. The highest BCUT2D eigenvalue weighted by Crippen LogP contribution is 2.34. The smallest absolute Gasteiger partial charge is 0.325 e. The molecule has 0 radical (unpaired) electrons. The van der Waals surface area contributed by atoms with Crippen LogP contribution in [0.4, 0.5) is 10.5 Å². The highest BCUT2D eigenvalue weighted by atomic mass is 16.7. The van der Waals surface area contributed by atoms with E-state index in [1.54, 1.807) is 13.8 Å².